The second-order valence-electron chi connectivity index (χ2n) is 3.96. The second-order valence-corrected chi connectivity index (χ2v) is 4.32. The number of para-hydroxylation sites is 1. The van der Waals surface area contributed by atoms with Crippen LogP contribution in [0.5, 0.6) is 0 Å². The third-order valence-electron chi connectivity index (χ3n) is 2.75. The lowest BCUT2D eigenvalue weighted by Gasteiger charge is -2.06. The maximum atomic E-state index is 12.0. The fourth-order valence-electron chi connectivity index (χ4n) is 1.83. The molecule has 0 bridgehead atoms. The number of H-pyrrole nitrogens is 1. The van der Waals surface area contributed by atoms with Gasteiger partial charge in [-0.2, -0.15) is 14.9 Å². The van der Waals surface area contributed by atoms with Gasteiger partial charge in [-0.25, -0.2) is 0 Å². The van der Waals surface area contributed by atoms with E-state index in [1.807, 2.05) is 31.2 Å². The number of nitrogens with zero attached hydrogens (tertiary/aromatic N) is 3. The number of aryl methyl sites for hydroxylation is 1. The van der Waals surface area contributed by atoms with Gasteiger partial charge in [0.25, 0.3) is 5.56 Å². The molecule has 0 spiro atoms. The minimum atomic E-state index is -0.225. The molecule has 0 aliphatic rings. The minimum absolute atomic E-state index is 0.225. The predicted molar refractivity (Wildman–Crippen MR) is 69.2 cm³/mol. The number of benzene rings is 1. The molecule has 18 heavy (non-hydrogen) atoms. The number of rotatable bonds is 1. The van der Waals surface area contributed by atoms with Crippen LogP contribution in [0.2, 0.25) is 5.15 Å². The first-order chi connectivity index (χ1) is 8.66. The molecule has 2 aromatic heterocycles. The van der Waals surface area contributed by atoms with Crippen LogP contribution in [-0.2, 0) is 0 Å². The van der Waals surface area contributed by atoms with Crippen LogP contribution in [-0.4, -0.2) is 20.0 Å². The number of aromatic amines is 1. The van der Waals surface area contributed by atoms with Crippen molar-refractivity contribution < 1.29 is 0 Å². The molecule has 0 atom stereocenters. The molecule has 0 fully saturated rings. The summed E-state index contributed by atoms with van der Waals surface area (Å²) in [6.07, 6.45) is 0. The number of aromatic nitrogens is 4. The summed E-state index contributed by atoms with van der Waals surface area (Å²) in [5, 5.41) is 11.0. The molecule has 0 saturated carbocycles. The molecule has 0 aliphatic carbocycles. The van der Waals surface area contributed by atoms with E-state index < -0.39 is 0 Å². The Morgan fingerprint density at radius 1 is 1.33 bits per heavy atom. The van der Waals surface area contributed by atoms with E-state index >= 15 is 0 Å². The van der Waals surface area contributed by atoms with Crippen molar-refractivity contribution in [2.75, 3.05) is 0 Å². The van der Waals surface area contributed by atoms with Crippen LogP contribution in [0.1, 0.15) is 5.56 Å². The van der Waals surface area contributed by atoms with Crippen molar-refractivity contribution >= 4 is 22.6 Å². The first-order valence-corrected chi connectivity index (χ1v) is 5.74. The van der Waals surface area contributed by atoms with E-state index in [4.69, 9.17) is 11.6 Å². The molecule has 0 saturated heterocycles. The highest BCUT2D eigenvalue weighted by Gasteiger charge is 2.10. The Morgan fingerprint density at radius 2 is 2.11 bits per heavy atom. The topological polar surface area (TPSA) is 63.6 Å². The van der Waals surface area contributed by atoms with Gasteiger partial charge in [-0.3, -0.25) is 9.89 Å². The lowest BCUT2D eigenvalue weighted by molar-refractivity contribution is 0.825. The summed E-state index contributed by atoms with van der Waals surface area (Å²) in [4.78, 5) is 12.0. The van der Waals surface area contributed by atoms with Gasteiger partial charge in [-0.15, -0.1) is 0 Å². The zero-order valence-corrected chi connectivity index (χ0v) is 10.3. The minimum Gasteiger partial charge on any atom is -0.274 e. The average Bonchev–Trinajstić information content (AvgIpc) is 2.70. The molecule has 0 aliphatic heterocycles. The Hall–Kier alpha value is -2.14. The summed E-state index contributed by atoms with van der Waals surface area (Å²) in [6, 6.07) is 8.96. The molecule has 90 valence electrons. The third-order valence-corrected chi connectivity index (χ3v) is 3.01. The van der Waals surface area contributed by atoms with Gasteiger partial charge >= 0.3 is 0 Å². The molecular weight excluding hydrogens is 252 g/mol. The highest BCUT2D eigenvalue weighted by atomic mass is 35.5. The van der Waals surface area contributed by atoms with Crippen molar-refractivity contribution in [3.05, 3.63) is 51.4 Å². The summed E-state index contributed by atoms with van der Waals surface area (Å²) >= 11 is 5.90. The highest BCUT2D eigenvalue weighted by Crippen LogP contribution is 2.17. The monoisotopic (exact) mass is 260 g/mol. The highest BCUT2D eigenvalue weighted by molar-refractivity contribution is 6.33. The molecule has 0 radical (unpaired) electrons. The smallest absolute Gasteiger partial charge is 0.273 e. The van der Waals surface area contributed by atoms with Crippen molar-refractivity contribution in [1.82, 2.24) is 20.0 Å². The van der Waals surface area contributed by atoms with Crippen molar-refractivity contribution in [2.45, 2.75) is 6.92 Å². The molecule has 3 rings (SSSR count). The first-order valence-electron chi connectivity index (χ1n) is 5.37. The Morgan fingerprint density at radius 3 is 2.89 bits per heavy atom. The van der Waals surface area contributed by atoms with Gasteiger partial charge in [0.1, 0.15) is 5.52 Å². The van der Waals surface area contributed by atoms with Gasteiger partial charge in [0.15, 0.2) is 5.15 Å². The van der Waals surface area contributed by atoms with Crippen molar-refractivity contribution in [3.8, 4) is 5.69 Å². The maximum absolute atomic E-state index is 12.0. The Bertz CT molecular complexity index is 790. The molecule has 0 amide bonds. The molecular formula is C12H9ClN4O. The predicted octanol–water partition coefficient (Wildman–Crippen LogP) is 2.07. The van der Waals surface area contributed by atoms with Gasteiger partial charge in [-0.05, 0) is 18.6 Å². The van der Waals surface area contributed by atoms with E-state index in [0.717, 1.165) is 11.3 Å². The molecule has 3 aromatic rings. The quantitative estimate of drug-likeness (QED) is 0.728. The first kappa shape index (κ1) is 11.0. The maximum Gasteiger partial charge on any atom is 0.273 e. The lowest BCUT2D eigenvalue weighted by atomic mass is 10.2. The fraction of sp³-hybridized carbons (Fsp3) is 0.0833. The second kappa shape index (κ2) is 3.96. The number of nitrogens with one attached hydrogen (secondary N) is 1. The fourth-order valence-corrected chi connectivity index (χ4v) is 2.01. The lowest BCUT2D eigenvalue weighted by Crippen LogP contribution is -2.20. The van der Waals surface area contributed by atoms with E-state index in [-0.39, 0.29) is 10.7 Å². The summed E-state index contributed by atoms with van der Waals surface area (Å²) in [7, 11) is 0. The Kier molecular flexibility index (Phi) is 2.41. The largest absolute Gasteiger partial charge is 0.274 e. The van der Waals surface area contributed by atoms with Crippen LogP contribution in [0.15, 0.2) is 35.1 Å². The number of fused-ring (bicyclic) bond motifs is 1. The van der Waals surface area contributed by atoms with Crippen LogP contribution >= 0.6 is 11.6 Å². The normalized spacial score (nSPS) is 11.0. The van der Waals surface area contributed by atoms with Crippen LogP contribution < -0.4 is 5.56 Å². The van der Waals surface area contributed by atoms with Gasteiger partial charge in [0, 0.05) is 6.07 Å². The third kappa shape index (κ3) is 1.60. The van der Waals surface area contributed by atoms with Gasteiger partial charge in [-0.1, -0.05) is 29.8 Å². The van der Waals surface area contributed by atoms with Gasteiger partial charge < -0.3 is 0 Å². The zero-order chi connectivity index (χ0) is 12.7. The standard InChI is InChI=1S/C12H9ClN4O/c1-7-4-2-3-5-9(7)17-10(18)6-8-11(16-17)12(13)15-14-8/h2-6,14H,1H3. The molecule has 0 unspecified atom stereocenters. The summed E-state index contributed by atoms with van der Waals surface area (Å²) < 4.78 is 1.33. The molecule has 1 aromatic carbocycles. The van der Waals surface area contributed by atoms with E-state index in [9.17, 15) is 4.79 Å². The van der Waals surface area contributed by atoms with Crippen LogP contribution in [0, 0.1) is 6.92 Å². The molecule has 2 heterocycles. The van der Waals surface area contributed by atoms with Crippen molar-refractivity contribution in [1.29, 1.82) is 0 Å². The van der Waals surface area contributed by atoms with Gasteiger partial charge in [0.05, 0.1) is 11.2 Å². The summed E-state index contributed by atoms with van der Waals surface area (Å²) in [5.74, 6) is 0. The molecule has 5 nitrogen and oxygen atoms in total. The Balaban J connectivity index is 2.36. The number of halogens is 1. The zero-order valence-electron chi connectivity index (χ0n) is 9.51. The summed E-state index contributed by atoms with van der Waals surface area (Å²) in [5.41, 5.74) is 2.50. The van der Waals surface area contributed by atoms with Crippen molar-refractivity contribution in [3.63, 3.8) is 0 Å². The molecule has 1 N–H and O–H groups in total. The van der Waals surface area contributed by atoms with Crippen LogP contribution in [0.4, 0.5) is 0 Å². The van der Waals surface area contributed by atoms with E-state index in [0.29, 0.717) is 11.0 Å². The number of hydrogen-bond donors (Lipinski definition) is 1. The van der Waals surface area contributed by atoms with Gasteiger partial charge in [0.2, 0.25) is 0 Å². The SMILES string of the molecule is Cc1ccccc1-n1nc2c(Cl)n[nH]c2cc1=O. The summed E-state index contributed by atoms with van der Waals surface area (Å²) in [6.45, 7) is 1.92. The van der Waals surface area contributed by atoms with E-state index in [2.05, 4.69) is 15.3 Å². The average molecular weight is 261 g/mol. The van der Waals surface area contributed by atoms with Crippen LogP contribution in [0.3, 0.4) is 0 Å². The van der Waals surface area contributed by atoms with Crippen molar-refractivity contribution in [2.24, 2.45) is 0 Å². The number of hydrogen-bond acceptors (Lipinski definition) is 3. The van der Waals surface area contributed by atoms with E-state index in [1.165, 1.54) is 10.7 Å². The van der Waals surface area contributed by atoms with E-state index in [1.54, 1.807) is 0 Å². The Labute approximate surface area is 107 Å². The van der Waals surface area contributed by atoms with Crippen LogP contribution in [0.25, 0.3) is 16.7 Å². The molecule has 6 heteroatoms.